The molecule has 7 nitrogen and oxygen atoms in total. The molecule has 0 aliphatic carbocycles. The Morgan fingerprint density at radius 3 is 2.74 bits per heavy atom. The van der Waals surface area contributed by atoms with Crippen molar-refractivity contribution in [1.82, 2.24) is 10.6 Å². The Kier molecular flexibility index (Phi) is 3.92. The van der Waals surface area contributed by atoms with E-state index in [1.165, 1.54) is 0 Å². The number of fused-ring (bicyclic) bond motifs is 1. The van der Waals surface area contributed by atoms with Gasteiger partial charge < -0.3 is 15.4 Å². The zero-order valence-electron chi connectivity index (χ0n) is 14.5. The molecule has 2 aliphatic heterocycles. The van der Waals surface area contributed by atoms with Crippen LogP contribution in [-0.4, -0.2) is 24.5 Å². The summed E-state index contributed by atoms with van der Waals surface area (Å²) < 4.78 is 5.61. The fraction of sp³-hybridized carbons (Fsp3) is 0.150. The van der Waals surface area contributed by atoms with Crippen LogP contribution in [0.4, 0.5) is 10.5 Å². The second kappa shape index (κ2) is 6.28. The lowest BCUT2D eigenvalue weighted by molar-refractivity contribution is -0.123. The molecule has 0 bridgehead atoms. The van der Waals surface area contributed by atoms with Gasteiger partial charge in [-0.15, -0.1) is 0 Å². The Labute approximate surface area is 155 Å². The average Bonchev–Trinajstić information content (AvgIpc) is 2.94. The highest BCUT2D eigenvalue weighted by atomic mass is 16.5. The van der Waals surface area contributed by atoms with Gasteiger partial charge in [-0.05, 0) is 36.8 Å². The van der Waals surface area contributed by atoms with Gasteiger partial charge in [0.15, 0.2) is 0 Å². The van der Waals surface area contributed by atoms with Gasteiger partial charge in [-0.1, -0.05) is 30.3 Å². The molecule has 0 aromatic heterocycles. The average molecular weight is 363 g/mol. The molecule has 2 aromatic carbocycles. The molecule has 1 unspecified atom stereocenters. The van der Waals surface area contributed by atoms with E-state index in [4.69, 9.17) is 4.74 Å². The number of amides is 4. The van der Waals surface area contributed by atoms with Gasteiger partial charge >= 0.3 is 6.03 Å². The highest BCUT2D eigenvalue weighted by Crippen LogP contribution is 2.28. The predicted molar refractivity (Wildman–Crippen MR) is 99.0 cm³/mol. The summed E-state index contributed by atoms with van der Waals surface area (Å²) in [5.74, 6) is 0.0228. The summed E-state index contributed by atoms with van der Waals surface area (Å²) in [6.07, 6.45) is 1.80. The van der Waals surface area contributed by atoms with E-state index in [-0.39, 0.29) is 12.5 Å². The summed E-state index contributed by atoms with van der Waals surface area (Å²) in [5, 5.41) is 7.65. The molecule has 0 saturated carbocycles. The number of hydrogen-bond donors (Lipinski definition) is 3. The van der Waals surface area contributed by atoms with Crippen LogP contribution in [0.1, 0.15) is 18.1 Å². The summed E-state index contributed by atoms with van der Waals surface area (Å²) in [7, 11) is 0. The largest absolute Gasteiger partial charge is 0.488 e. The van der Waals surface area contributed by atoms with E-state index in [9.17, 15) is 14.4 Å². The van der Waals surface area contributed by atoms with Crippen molar-refractivity contribution >= 4 is 29.6 Å². The van der Waals surface area contributed by atoms with E-state index < -0.39 is 17.5 Å². The van der Waals surface area contributed by atoms with Crippen molar-refractivity contribution in [2.45, 2.75) is 12.5 Å². The number of benzene rings is 2. The molecule has 2 heterocycles. The van der Waals surface area contributed by atoms with Crippen LogP contribution in [0.15, 0.2) is 54.1 Å². The van der Waals surface area contributed by atoms with Crippen LogP contribution in [0, 0.1) is 0 Å². The highest BCUT2D eigenvalue weighted by Gasteiger charge is 2.43. The second-order valence-corrected chi connectivity index (χ2v) is 6.56. The van der Waals surface area contributed by atoms with Crippen molar-refractivity contribution in [1.29, 1.82) is 0 Å². The van der Waals surface area contributed by atoms with Crippen molar-refractivity contribution in [3.63, 3.8) is 0 Å². The van der Waals surface area contributed by atoms with Gasteiger partial charge in [0, 0.05) is 11.3 Å². The third kappa shape index (κ3) is 3.03. The summed E-state index contributed by atoms with van der Waals surface area (Å²) >= 11 is 0. The summed E-state index contributed by atoms with van der Waals surface area (Å²) in [5.41, 5.74) is 1.26. The number of carbonyl (C=O) groups excluding carboxylic acids is 3. The quantitative estimate of drug-likeness (QED) is 0.728. The molecule has 27 heavy (non-hydrogen) atoms. The van der Waals surface area contributed by atoms with E-state index in [2.05, 4.69) is 16.0 Å². The van der Waals surface area contributed by atoms with Crippen LogP contribution in [0.3, 0.4) is 0 Å². The minimum absolute atomic E-state index is 0.179. The van der Waals surface area contributed by atoms with E-state index in [0.717, 1.165) is 11.3 Å². The smallest absolute Gasteiger partial charge is 0.322 e. The first-order chi connectivity index (χ1) is 13.0. The van der Waals surface area contributed by atoms with Gasteiger partial charge in [0.1, 0.15) is 17.9 Å². The minimum atomic E-state index is -1.18. The third-order valence-electron chi connectivity index (χ3n) is 4.67. The fourth-order valence-corrected chi connectivity index (χ4v) is 3.11. The Morgan fingerprint density at radius 1 is 1.15 bits per heavy atom. The number of rotatable bonds is 3. The molecule has 1 atom stereocenters. The van der Waals surface area contributed by atoms with Crippen molar-refractivity contribution < 1.29 is 19.1 Å². The Hall–Kier alpha value is -3.61. The van der Waals surface area contributed by atoms with Crippen LogP contribution in [-0.2, 0) is 15.1 Å². The zero-order chi connectivity index (χ0) is 19.0. The first-order valence-electron chi connectivity index (χ1n) is 8.43. The van der Waals surface area contributed by atoms with E-state index in [0.29, 0.717) is 16.8 Å². The molecule has 3 N–H and O–H groups in total. The summed E-state index contributed by atoms with van der Waals surface area (Å²) in [6, 6.07) is 13.8. The van der Waals surface area contributed by atoms with Crippen molar-refractivity contribution in [2.75, 3.05) is 11.9 Å². The van der Waals surface area contributed by atoms with Gasteiger partial charge in [0.05, 0.1) is 5.57 Å². The first kappa shape index (κ1) is 16.8. The Morgan fingerprint density at radius 2 is 1.96 bits per heavy atom. The fourth-order valence-electron chi connectivity index (χ4n) is 3.11. The van der Waals surface area contributed by atoms with E-state index >= 15 is 0 Å². The molecule has 2 aliphatic rings. The summed E-state index contributed by atoms with van der Waals surface area (Å²) in [4.78, 5) is 36.2. The SMILES string of the molecule is CC1(c2cccc(NC(=O)C3=Cc4ccccc4OC3)c2)NC(=O)NC1=O. The third-order valence-corrected chi connectivity index (χ3v) is 4.67. The highest BCUT2D eigenvalue weighted by molar-refractivity contribution is 6.09. The van der Waals surface area contributed by atoms with Gasteiger partial charge in [-0.2, -0.15) is 0 Å². The van der Waals surface area contributed by atoms with E-state index in [1.54, 1.807) is 37.3 Å². The minimum Gasteiger partial charge on any atom is -0.488 e. The van der Waals surface area contributed by atoms with Gasteiger partial charge in [-0.25, -0.2) is 4.79 Å². The maximum atomic E-state index is 12.6. The molecular weight excluding hydrogens is 346 g/mol. The van der Waals surface area contributed by atoms with Crippen LogP contribution >= 0.6 is 0 Å². The number of ether oxygens (including phenoxy) is 1. The number of nitrogens with one attached hydrogen (secondary N) is 3. The molecular formula is C20H17N3O4. The normalized spacial score (nSPS) is 20.7. The second-order valence-electron chi connectivity index (χ2n) is 6.56. The lowest BCUT2D eigenvalue weighted by Crippen LogP contribution is -2.40. The molecule has 1 saturated heterocycles. The number of carbonyl (C=O) groups is 3. The number of hydrogen-bond acceptors (Lipinski definition) is 4. The lowest BCUT2D eigenvalue weighted by Gasteiger charge is -2.22. The molecule has 0 spiro atoms. The molecule has 4 rings (SSSR count). The van der Waals surface area contributed by atoms with Crippen molar-refractivity contribution in [3.8, 4) is 5.75 Å². The van der Waals surface area contributed by atoms with Crippen LogP contribution in [0.5, 0.6) is 5.75 Å². The van der Waals surface area contributed by atoms with Gasteiger partial charge in [0.2, 0.25) is 0 Å². The van der Waals surface area contributed by atoms with Gasteiger partial charge in [0.25, 0.3) is 11.8 Å². The van der Waals surface area contributed by atoms with Crippen LogP contribution in [0.2, 0.25) is 0 Å². The topological polar surface area (TPSA) is 96.5 Å². The zero-order valence-corrected chi connectivity index (χ0v) is 14.5. The molecule has 136 valence electrons. The van der Waals surface area contributed by atoms with Gasteiger partial charge in [-0.3, -0.25) is 14.9 Å². The number of imide groups is 1. The summed E-state index contributed by atoms with van der Waals surface area (Å²) in [6.45, 7) is 1.79. The van der Waals surface area contributed by atoms with Crippen molar-refractivity contribution in [3.05, 3.63) is 65.2 Å². The van der Waals surface area contributed by atoms with Crippen molar-refractivity contribution in [2.24, 2.45) is 0 Å². The monoisotopic (exact) mass is 363 g/mol. The maximum Gasteiger partial charge on any atom is 0.322 e. The van der Waals surface area contributed by atoms with E-state index in [1.807, 2.05) is 24.3 Å². The molecule has 7 heteroatoms. The predicted octanol–water partition coefficient (Wildman–Crippen LogP) is 2.16. The maximum absolute atomic E-state index is 12.6. The molecule has 2 aromatic rings. The number of anilines is 1. The standard InChI is InChI=1S/C20H17N3O4/c1-20(18(25)22-19(26)23-20)14-6-4-7-15(10-14)21-17(24)13-9-12-5-2-3-8-16(12)27-11-13/h2-10H,11H2,1H3,(H,21,24)(H2,22,23,25,26). The molecule has 4 amide bonds. The van der Waals surface area contributed by atoms with Crippen LogP contribution < -0.4 is 20.7 Å². The number of urea groups is 1. The Balaban J connectivity index is 1.56. The number of para-hydroxylation sites is 1. The Bertz CT molecular complexity index is 998. The molecule has 1 fully saturated rings. The molecule has 0 radical (unpaired) electrons. The first-order valence-corrected chi connectivity index (χ1v) is 8.43. The lowest BCUT2D eigenvalue weighted by atomic mass is 9.92. The van der Waals surface area contributed by atoms with Crippen LogP contribution in [0.25, 0.3) is 6.08 Å².